The third-order valence-electron chi connectivity index (χ3n) is 5.99. The second-order valence-electron chi connectivity index (χ2n) is 9.76. The Labute approximate surface area is 191 Å². The Morgan fingerprint density at radius 3 is 2.44 bits per heavy atom. The van der Waals surface area contributed by atoms with Crippen molar-refractivity contribution in [3.63, 3.8) is 0 Å². The van der Waals surface area contributed by atoms with Crippen LogP contribution in [0.3, 0.4) is 0 Å². The van der Waals surface area contributed by atoms with Crippen LogP contribution in [0.5, 0.6) is 0 Å². The van der Waals surface area contributed by atoms with Crippen molar-refractivity contribution < 1.29 is 14.3 Å². The summed E-state index contributed by atoms with van der Waals surface area (Å²) < 4.78 is 12.1. The van der Waals surface area contributed by atoms with E-state index in [2.05, 4.69) is 73.7 Å². The highest BCUT2D eigenvalue weighted by Crippen LogP contribution is 2.32. The van der Waals surface area contributed by atoms with Crippen LogP contribution in [-0.2, 0) is 16.1 Å². The number of hydrogen-bond acceptors (Lipinski definition) is 3. The second-order valence-corrected chi connectivity index (χ2v) is 9.76. The molecule has 0 spiro atoms. The van der Waals surface area contributed by atoms with Crippen molar-refractivity contribution in [2.24, 2.45) is 0 Å². The smallest absolute Gasteiger partial charge is 0.410 e. The van der Waals surface area contributed by atoms with Crippen LogP contribution in [0.2, 0.25) is 0 Å². The summed E-state index contributed by atoms with van der Waals surface area (Å²) in [5.74, 6) is 0.245. The van der Waals surface area contributed by atoms with Crippen molar-refractivity contribution in [3.05, 3.63) is 83.4 Å². The molecule has 1 aliphatic heterocycles. The third-order valence-corrected chi connectivity index (χ3v) is 5.99. The van der Waals surface area contributed by atoms with Crippen LogP contribution in [0.25, 0.3) is 10.8 Å². The number of rotatable bonds is 4. The molecular weight excluding hydrogens is 398 g/mol. The van der Waals surface area contributed by atoms with Crippen molar-refractivity contribution in [3.8, 4) is 0 Å². The topological polar surface area (TPSA) is 38.8 Å². The van der Waals surface area contributed by atoms with Gasteiger partial charge in [0.05, 0.1) is 19.3 Å². The van der Waals surface area contributed by atoms with E-state index in [-0.39, 0.29) is 18.1 Å². The normalized spacial score (nSPS) is 19.2. The van der Waals surface area contributed by atoms with E-state index in [0.717, 1.165) is 12.0 Å². The summed E-state index contributed by atoms with van der Waals surface area (Å²) in [6, 6.07) is 23.5. The maximum Gasteiger partial charge on any atom is 0.410 e. The molecule has 1 amide bonds. The van der Waals surface area contributed by atoms with Crippen LogP contribution in [0.1, 0.15) is 49.8 Å². The van der Waals surface area contributed by atoms with Gasteiger partial charge in [-0.05, 0) is 62.1 Å². The number of likely N-dealkylation sites (tertiary alicyclic amines) is 1. The lowest BCUT2D eigenvalue weighted by molar-refractivity contribution is -0.0359. The van der Waals surface area contributed by atoms with Gasteiger partial charge in [-0.15, -0.1) is 0 Å². The summed E-state index contributed by atoms with van der Waals surface area (Å²) in [5.41, 5.74) is 3.14. The number of aryl methyl sites for hydroxylation is 1. The van der Waals surface area contributed by atoms with E-state index >= 15 is 0 Å². The molecule has 4 rings (SSSR count). The van der Waals surface area contributed by atoms with Gasteiger partial charge < -0.3 is 14.4 Å². The molecule has 4 nitrogen and oxygen atoms in total. The number of hydrogen-bond donors (Lipinski definition) is 0. The minimum atomic E-state index is -0.508. The molecular formula is C28H33NO3. The molecule has 0 saturated carbocycles. The minimum Gasteiger partial charge on any atom is -0.444 e. The van der Waals surface area contributed by atoms with Gasteiger partial charge >= 0.3 is 6.09 Å². The Hall–Kier alpha value is -2.85. The lowest BCUT2D eigenvalue weighted by Gasteiger charge is -2.39. The molecule has 0 radical (unpaired) electrons. The number of nitrogens with zero attached hydrogens (tertiary/aromatic N) is 1. The Kier molecular flexibility index (Phi) is 6.52. The Morgan fingerprint density at radius 1 is 1.00 bits per heavy atom. The van der Waals surface area contributed by atoms with Gasteiger partial charge in [0.2, 0.25) is 0 Å². The standard InChI is InChI=1S/C28H33NO3/c1-20-9-12-23(13-10-20)25-15-16-29(27(30)32-28(2,3)4)18-26(25)31-19-21-11-14-22-7-5-6-8-24(22)17-21/h5-14,17,25-26H,15-16,18-19H2,1-4H3. The summed E-state index contributed by atoms with van der Waals surface area (Å²) in [7, 11) is 0. The van der Waals surface area contributed by atoms with E-state index in [1.54, 1.807) is 4.90 Å². The Morgan fingerprint density at radius 2 is 1.72 bits per heavy atom. The number of piperidine rings is 1. The molecule has 3 aromatic carbocycles. The van der Waals surface area contributed by atoms with Crippen LogP contribution in [-0.4, -0.2) is 35.8 Å². The zero-order valence-corrected chi connectivity index (χ0v) is 19.5. The predicted octanol–water partition coefficient (Wildman–Crippen LogP) is 6.46. The molecule has 1 heterocycles. The predicted molar refractivity (Wildman–Crippen MR) is 129 cm³/mol. The fourth-order valence-corrected chi connectivity index (χ4v) is 4.30. The van der Waals surface area contributed by atoms with Crippen molar-refractivity contribution in [1.29, 1.82) is 0 Å². The fourth-order valence-electron chi connectivity index (χ4n) is 4.30. The molecule has 0 N–H and O–H groups in total. The summed E-state index contributed by atoms with van der Waals surface area (Å²) in [6.07, 6.45) is 0.495. The molecule has 0 aliphatic carbocycles. The van der Waals surface area contributed by atoms with Crippen LogP contribution in [0.15, 0.2) is 66.7 Å². The van der Waals surface area contributed by atoms with Gasteiger partial charge in [0.15, 0.2) is 0 Å². The summed E-state index contributed by atoms with van der Waals surface area (Å²) in [6.45, 7) is 9.51. The highest BCUT2D eigenvalue weighted by molar-refractivity contribution is 5.82. The first-order valence-electron chi connectivity index (χ1n) is 11.4. The van der Waals surface area contributed by atoms with Crippen LogP contribution >= 0.6 is 0 Å². The maximum absolute atomic E-state index is 12.7. The van der Waals surface area contributed by atoms with Crippen LogP contribution < -0.4 is 0 Å². The van der Waals surface area contributed by atoms with Crippen molar-refractivity contribution in [2.45, 2.75) is 58.3 Å². The number of carbonyl (C=O) groups excluding carboxylic acids is 1. The van der Waals surface area contributed by atoms with Gasteiger partial charge in [0.25, 0.3) is 0 Å². The Balaban J connectivity index is 1.52. The summed E-state index contributed by atoms with van der Waals surface area (Å²) in [4.78, 5) is 14.5. The first-order valence-corrected chi connectivity index (χ1v) is 11.4. The molecule has 0 aromatic heterocycles. The average Bonchev–Trinajstić information content (AvgIpc) is 2.77. The van der Waals surface area contributed by atoms with E-state index < -0.39 is 5.60 Å². The van der Waals surface area contributed by atoms with Crippen LogP contribution in [0.4, 0.5) is 4.79 Å². The molecule has 1 aliphatic rings. The first kappa shape index (κ1) is 22.3. The van der Waals surface area contributed by atoms with E-state index in [0.29, 0.717) is 19.7 Å². The van der Waals surface area contributed by atoms with Crippen molar-refractivity contribution in [2.75, 3.05) is 13.1 Å². The first-order chi connectivity index (χ1) is 15.3. The van der Waals surface area contributed by atoms with Crippen molar-refractivity contribution in [1.82, 2.24) is 4.90 Å². The third kappa shape index (κ3) is 5.49. The van der Waals surface area contributed by atoms with Gasteiger partial charge in [-0.25, -0.2) is 4.79 Å². The van der Waals surface area contributed by atoms with Crippen molar-refractivity contribution >= 4 is 16.9 Å². The van der Waals surface area contributed by atoms with Crippen LogP contribution in [0, 0.1) is 6.92 Å². The van der Waals surface area contributed by atoms with Gasteiger partial charge in [-0.1, -0.05) is 66.2 Å². The largest absolute Gasteiger partial charge is 0.444 e. The maximum atomic E-state index is 12.7. The highest BCUT2D eigenvalue weighted by Gasteiger charge is 2.35. The summed E-state index contributed by atoms with van der Waals surface area (Å²) in [5, 5.41) is 2.44. The lowest BCUT2D eigenvalue weighted by Crippen LogP contribution is -2.48. The zero-order valence-electron chi connectivity index (χ0n) is 19.5. The molecule has 3 aromatic rings. The van der Waals surface area contributed by atoms with Gasteiger partial charge in [0.1, 0.15) is 5.60 Å². The highest BCUT2D eigenvalue weighted by atomic mass is 16.6. The average molecular weight is 432 g/mol. The second kappa shape index (κ2) is 9.33. The molecule has 2 atom stereocenters. The molecule has 1 fully saturated rings. The van der Waals surface area contributed by atoms with E-state index in [4.69, 9.17) is 9.47 Å². The number of fused-ring (bicyclic) bond motifs is 1. The molecule has 32 heavy (non-hydrogen) atoms. The lowest BCUT2D eigenvalue weighted by atomic mass is 9.86. The number of amides is 1. The van der Waals surface area contributed by atoms with E-state index in [9.17, 15) is 4.79 Å². The minimum absolute atomic E-state index is 0.0922. The zero-order chi connectivity index (χ0) is 22.7. The molecule has 168 valence electrons. The Bertz CT molecular complexity index is 1070. The number of ether oxygens (including phenoxy) is 2. The van der Waals surface area contributed by atoms with Gasteiger partial charge in [0, 0.05) is 12.5 Å². The molecule has 2 unspecified atom stereocenters. The summed E-state index contributed by atoms with van der Waals surface area (Å²) >= 11 is 0. The monoisotopic (exact) mass is 431 g/mol. The molecule has 1 saturated heterocycles. The number of benzene rings is 3. The van der Waals surface area contributed by atoms with Gasteiger partial charge in [-0.2, -0.15) is 0 Å². The SMILES string of the molecule is Cc1ccc(C2CCN(C(=O)OC(C)(C)C)CC2OCc2ccc3ccccc3c2)cc1. The molecule has 0 bridgehead atoms. The van der Waals surface area contributed by atoms with E-state index in [1.165, 1.54) is 21.9 Å². The van der Waals surface area contributed by atoms with E-state index in [1.807, 2.05) is 20.8 Å². The fraction of sp³-hybridized carbons (Fsp3) is 0.393. The number of carbonyl (C=O) groups is 1. The molecule has 4 heteroatoms. The quantitative estimate of drug-likeness (QED) is 0.476. The van der Waals surface area contributed by atoms with Gasteiger partial charge in [-0.3, -0.25) is 0 Å².